The summed E-state index contributed by atoms with van der Waals surface area (Å²) in [7, 11) is -3.99. The molecule has 4 rings (SSSR count). The van der Waals surface area contributed by atoms with Crippen LogP contribution >= 0.6 is 0 Å². The van der Waals surface area contributed by atoms with Crippen molar-refractivity contribution >= 4 is 27.5 Å². The molecule has 1 N–H and O–H groups in total. The van der Waals surface area contributed by atoms with Crippen LogP contribution in [0, 0.1) is 6.92 Å². The van der Waals surface area contributed by atoms with Gasteiger partial charge in [-0.2, -0.15) is 0 Å². The molecule has 2 heterocycles. The Morgan fingerprint density at radius 1 is 1.09 bits per heavy atom. The van der Waals surface area contributed by atoms with Gasteiger partial charge in [0.1, 0.15) is 10.6 Å². The SMILES string of the molecule is Cc1cc(Oc2ncccn2)ccc1NC(=O)c1ccc2c(c1)S(=O)(=O)N(C(C)C)C2=O. The number of anilines is 1. The number of rotatable bonds is 5. The van der Waals surface area contributed by atoms with Crippen molar-refractivity contribution in [2.45, 2.75) is 31.7 Å². The maximum Gasteiger partial charge on any atom is 0.321 e. The lowest BCUT2D eigenvalue weighted by Gasteiger charge is -2.18. The molecule has 2 amide bonds. The molecule has 32 heavy (non-hydrogen) atoms. The van der Waals surface area contributed by atoms with Crippen molar-refractivity contribution in [3.05, 3.63) is 71.5 Å². The number of carbonyl (C=O) groups excluding carboxylic acids is 2. The molecule has 0 fully saturated rings. The molecule has 1 aliphatic rings. The van der Waals surface area contributed by atoms with E-state index < -0.39 is 27.9 Å². The van der Waals surface area contributed by atoms with Crippen LogP contribution in [0.25, 0.3) is 0 Å². The lowest BCUT2D eigenvalue weighted by Crippen LogP contribution is -2.36. The normalized spacial score (nSPS) is 14.4. The van der Waals surface area contributed by atoms with Crippen molar-refractivity contribution < 1.29 is 22.7 Å². The van der Waals surface area contributed by atoms with Gasteiger partial charge >= 0.3 is 6.01 Å². The topological polar surface area (TPSA) is 119 Å². The van der Waals surface area contributed by atoms with Crippen molar-refractivity contribution in [2.24, 2.45) is 0 Å². The first-order valence-electron chi connectivity index (χ1n) is 9.78. The molecule has 2 aromatic carbocycles. The average Bonchev–Trinajstić information content (AvgIpc) is 2.95. The van der Waals surface area contributed by atoms with Crippen LogP contribution in [0.15, 0.2) is 59.8 Å². The van der Waals surface area contributed by atoms with Crippen molar-refractivity contribution in [3.8, 4) is 11.8 Å². The highest BCUT2D eigenvalue weighted by molar-refractivity contribution is 7.90. The molecule has 0 spiro atoms. The highest BCUT2D eigenvalue weighted by atomic mass is 32.2. The zero-order chi connectivity index (χ0) is 23.0. The molecule has 0 aliphatic carbocycles. The van der Waals surface area contributed by atoms with E-state index in [4.69, 9.17) is 4.74 Å². The molecule has 164 valence electrons. The quantitative estimate of drug-likeness (QED) is 0.630. The van der Waals surface area contributed by atoms with Crippen LogP contribution in [0.2, 0.25) is 0 Å². The first-order chi connectivity index (χ1) is 15.2. The van der Waals surface area contributed by atoms with Crippen molar-refractivity contribution in [2.75, 3.05) is 5.32 Å². The number of benzene rings is 2. The number of hydrogen-bond donors (Lipinski definition) is 1. The maximum absolute atomic E-state index is 12.8. The van der Waals surface area contributed by atoms with Gasteiger partial charge in [-0.3, -0.25) is 9.59 Å². The minimum Gasteiger partial charge on any atom is -0.424 e. The fourth-order valence-corrected chi connectivity index (χ4v) is 5.17. The summed E-state index contributed by atoms with van der Waals surface area (Å²) in [6.45, 7) is 5.03. The Bertz CT molecular complexity index is 1320. The Hall–Kier alpha value is -3.79. The Kier molecular flexibility index (Phi) is 5.39. The van der Waals surface area contributed by atoms with Crippen LogP contribution in [0.1, 0.15) is 40.1 Å². The zero-order valence-electron chi connectivity index (χ0n) is 17.6. The van der Waals surface area contributed by atoms with E-state index in [1.54, 1.807) is 57.4 Å². The minimum atomic E-state index is -3.99. The standard InChI is InChI=1S/C22H20N4O5S/c1-13(2)26-21(28)17-7-5-15(12-19(17)32(26,29)30)20(27)25-18-8-6-16(11-14(18)3)31-22-23-9-4-10-24-22/h4-13H,1-3H3,(H,25,27). The lowest BCUT2D eigenvalue weighted by atomic mass is 10.1. The summed E-state index contributed by atoms with van der Waals surface area (Å²) in [5, 5.41) is 2.76. The number of aromatic nitrogens is 2. The monoisotopic (exact) mass is 452 g/mol. The average molecular weight is 452 g/mol. The molecule has 0 atom stereocenters. The molecule has 1 aliphatic heterocycles. The summed E-state index contributed by atoms with van der Waals surface area (Å²) in [4.78, 5) is 33.1. The van der Waals surface area contributed by atoms with E-state index in [1.165, 1.54) is 18.2 Å². The number of hydrogen-bond acceptors (Lipinski definition) is 7. The molecule has 10 heteroatoms. The third-order valence-electron chi connectivity index (χ3n) is 4.88. The number of aryl methyl sites for hydroxylation is 1. The predicted octanol–water partition coefficient (Wildman–Crippen LogP) is 3.38. The van der Waals surface area contributed by atoms with E-state index in [0.29, 0.717) is 11.4 Å². The second-order valence-electron chi connectivity index (χ2n) is 7.47. The fraction of sp³-hybridized carbons (Fsp3) is 0.182. The molecular weight excluding hydrogens is 432 g/mol. The van der Waals surface area contributed by atoms with Crippen LogP contribution in [0.4, 0.5) is 5.69 Å². The summed E-state index contributed by atoms with van der Waals surface area (Å²) >= 11 is 0. The van der Waals surface area contributed by atoms with Gasteiger partial charge in [-0.15, -0.1) is 0 Å². The fourth-order valence-electron chi connectivity index (χ4n) is 3.38. The Morgan fingerprint density at radius 2 is 1.81 bits per heavy atom. The van der Waals surface area contributed by atoms with Crippen molar-refractivity contribution in [3.63, 3.8) is 0 Å². The first-order valence-corrected chi connectivity index (χ1v) is 11.2. The van der Waals surface area contributed by atoms with E-state index in [2.05, 4.69) is 15.3 Å². The number of fused-ring (bicyclic) bond motifs is 1. The van der Waals surface area contributed by atoms with Gasteiger partial charge in [-0.05, 0) is 68.8 Å². The number of ether oxygens (including phenoxy) is 1. The molecule has 3 aromatic rings. The van der Waals surface area contributed by atoms with Crippen LogP contribution in [0.3, 0.4) is 0 Å². The summed E-state index contributed by atoms with van der Waals surface area (Å²) in [6.07, 6.45) is 3.13. The predicted molar refractivity (Wildman–Crippen MR) is 116 cm³/mol. The van der Waals surface area contributed by atoms with Gasteiger partial charge in [0.15, 0.2) is 0 Å². The highest BCUT2D eigenvalue weighted by Gasteiger charge is 2.42. The van der Waals surface area contributed by atoms with Gasteiger partial charge in [-0.25, -0.2) is 22.7 Å². The van der Waals surface area contributed by atoms with E-state index in [9.17, 15) is 18.0 Å². The smallest absolute Gasteiger partial charge is 0.321 e. The van der Waals surface area contributed by atoms with Gasteiger partial charge in [0.2, 0.25) is 0 Å². The molecular formula is C22H20N4O5S. The van der Waals surface area contributed by atoms with E-state index in [0.717, 1.165) is 9.87 Å². The second-order valence-corrected chi connectivity index (χ2v) is 9.26. The Balaban J connectivity index is 1.56. The lowest BCUT2D eigenvalue weighted by molar-refractivity contribution is 0.0846. The van der Waals surface area contributed by atoms with Crippen LogP contribution in [0.5, 0.6) is 11.8 Å². The van der Waals surface area contributed by atoms with Crippen molar-refractivity contribution in [1.82, 2.24) is 14.3 Å². The zero-order valence-corrected chi connectivity index (χ0v) is 18.4. The van der Waals surface area contributed by atoms with Crippen LogP contribution in [-0.2, 0) is 10.0 Å². The molecule has 0 unspecified atom stereocenters. The van der Waals surface area contributed by atoms with E-state index >= 15 is 0 Å². The third-order valence-corrected chi connectivity index (χ3v) is 6.88. The molecule has 0 radical (unpaired) electrons. The number of nitrogens with one attached hydrogen (secondary N) is 1. The third kappa shape index (κ3) is 3.80. The Labute approximate surface area is 185 Å². The van der Waals surface area contributed by atoms with Gasteiger partial charge in [0.25, 0.3) is 21.8 Å². The molecule has 9 nitrogen and oxygen atoms in total. The first kappa shape index (κ1) is 21.4. The van der Waals surface area contributed by atoms with Gasteiger partial charge in [0, 0.05) is 29.7 Å². The van der Waals surface area contributed by atoms with Crippen LogP contribution < -0.4 is 10.1 Å². The summed E-state index contributed by atoms with van der Waals surface area (Å²) < 4.78 is 31.9. The minimum absolute atomic E-state index is 0.0658. The molecule has 0 saturated heterocycles. The maximum atomic E-state index is 12.8. The Morgan fingerprint density at radius 3 is 2.47 bits per heavy atom. The van der Waals surface area contributed by atoms with E-state index in [1.807, 2.05) is 0 Å². The molecule has 0 saturated carbocycles. The number of carbonyl (C=O) groups is 2. The van der Waals surface area contributed by atoms with Gasteiger partial charge < -0.3 is 10.1 Å². The molecule has 1 aromatic heterocycles. The summed E-state index contributed by atoms with van der Waals surface area (Å²) in [6, 6.07) is 10.4. The summed E-state index contributed by atoms with van der Waals surface area (Å²) in [5.74, 6) is -0.583. The molecule has 0 bridgehead atoms. The highest BCUT2D eigenvalue weighted by Crippen LogP contribution is 2.33. The van der Waals surface area contributed by atoms with Gasteiger partial charge in [0.05, 0.1) is 5.56 Å². The number of nitrogens with zero attached hydrogens (tertiary/aromatic N) is 3. The van der Waals surface area contributed by atoms with E-state index in [-0.39, 0.29) is 22.0 Å². The number of sulfonamides is 1. The number of amides is 2. The second kappa shape index (κ2) is 8.04. The summed E-state index contributed by atoms with van der Waals surface area (Å²) in [5.41, 5.74) is 1.44. The largest absolute Gasteiger partial charge is 0.424 e. The van der Waals surface area contributed by atoms with Crippen molar-refractivity contribution in [1.29, 1.82) is 0 Å². The van der Waals surface area contributed by atoms with Crippen LogP contribution in [-0.4, -0.2) is 40.5 Å². The van der Waals surface area contributed by atoms with Gasteiger partial charge in [-0.1, -0.05) is 0 Å².